The molecule has 33 heavy (non-hydrogen) atoms. The molecule has 1 heterocycles. The summed E-state index contributed by atoms with van der Waals surface area (Å²) >= 11 is 6.19. The first kappa shape index (κ1) is 22.4. The predicted octanol–water partition coefficient (Wildman–Crippen LogP) is 4.22. The average Bonchev–Trinajstić information content (AvgIpc) is 3.19. The van der Waals surface area contributed by atoms with Crippen molar-refractivity contribution in [3.8, 4) is 28.6 Å². The molecular formula is C21H16ClN3O7S. The number of ether oxygens (including phenoxy) is 2. The van der Waals surface area contributed by atoms with Crippen molar-refractivity contribution in [2.75, 3.05) is 14.2 Å². The molecule has 0 unspecified atom stereocenters. The Kier molecular flexibility index (Phi) is 5.60. The highest BCUT2D eigenvalue weighted by molar-refractivity contribution is 7.90. The van der Waals surface area contributed by atoms with Gasteiger partial charge in [0.15, 0.2) is 23.1 Å². The number of aromatic nitrogens is 2. The lowest BCUT2D eigenvalue weighted by atomic mass is 10.2. The van der Waals surface area contributed by atoms with Crippen molar-refractivity contribution in [1.29, 1.82) is 0 Å². The highest BCUT2D eigenvalue weighted by atomic mass is 35.5. The Morgan fingerprint density at radius 1 is 1.09 bits per heavy atom. The normalized spacial score (nSPS) is 11.5. The fourth-order valence-corrected chi connectivity index (χ4v) is 5.39. The SMILES string of the molecule is COc1ccc2c(nc(-c3ccc(O)c([N+](=O)[O-])c3)n2S(=O)(=O)c2ccccc2Cl)c1OC. The van der Waals surface area contributed by atoms with Crippen LogP contribution in [0, 0.1) is 10.1 Å². The van der Waals surface area contributed by atoms with E-state index in [2.05, 4.69) is 4.98 Å². The van der Waals surface area contributed by atoms with E-state index in [1.807, 2.05) is 0 Å². The zero-order valence-corrected chi connectivity index (χ0v) is 18.8. The second-order valence-corrected chi connectivity index (χ2v) is 8.93. The van der Waals surface area contributed by atoms with Crippen molar-refractivity contribution in [3.05, 3.63) is 69.7 Å². The molecule has 0 fully saturated rings. The molecule has 3 aromatic carbocycles. The lowest BCUT2D eigenvalue weighted by molar-refractivity contribution is -0.385. The van der Waals surface area contributed by atoms with E-state index >= 15 is 0 Å². The molecule has 0 saturated carbocycles. The molecular weight excluding hydrogens is 474 g/mol. The summed E-state index contributed by atoms with van der Waals surface area (Å²) in [7, 11) is -1.53. The van der Waals surface area contributed by atoms with Crippen LogP contribution in [-0.4, -0.2) is 41.6 Å². The Bertz CT molecular complexity index is 1520. The van der Waals surface area contributed by atoms with Gasteiger partial charge < -0.3 is 14.6 Å². The van der Waals surface area contributed by atoms with Gasteiger partial charge in [0.1, 0.15) is 10.4 Å². The molecule has 170 valence electrons. The average molecular weight is 490 g/mol. The minimum absolute atomic E-state index is 0.0116. The Hall–Kier alpha value is -3.83. The molecule has 4 aromatic rings. The number of fused-ring (bicyclic) bond motifs is 1. The van der Waals surface area contributed by atoms with Crippen molar-refractivity contribution in [2.24, 2.45) is 0 Å². The van der Waals surface area contributed by atoms with Gasteiger partial charge in [-0.3, -0.25) is 10.1 Å². The maximum atomic E-state index is 13.7. The van der Waals surface area contributed by atoms with E-state index in [0.717, 1.165) is 16.1 Å². The number of nitrogens with zero attached hydrogens (tertiary/aromatic N) is 3. The van der Waals surface area contributed by atoms with Crippen LogP contribution in [-0.2, 0) is 10.0 Å². The third kappa shape index (κ3) is 3.60. The summed E-state index contributed by atoms with van der Waals surface area (Å²) in [5.74, 6) is -0.218. The summed E-state index contributed by atoms with van der Waals surface area (Å²) in [6, 6.07) is 12.3. The van der Waals surface area contributed by atoms with E-state index in [9.17, 15) is 23.6 Å². The maximum Gasteiger partial charge on any atom is 0.311 e. The molecule has 0 aliphatic heterocycles. The number of hydrogen-bond acceptors (Lipinski definition) is 8. The molecule has 0 radical (unpaired) electrons. The van der Waals surface area contributed by atoms with Gasteiger partial charge in [0, 0.05) is 11.6 Å². The quantitative estimate of drug-likeness (QED) is 0.314. The van der Waals surface area contributed by atoms with Crippen LogP contribution in [0.25, 0.3) is 22.4 Å². The van der Waals surface area contributed by atoms with Gasteiger partial charge in [-0.15, -0.1) is 0 Å². The topological polar surface area (TPSA) is 134 Å². The molecule has 0 bridgehead atoms. The number of methoxy groups -OCH3 is 2. The molecule has 0 aliphatic carbocycles. The van der Waals surface area contributed by atoms with Crippen LogP contribution in [0.4, 0.5) is 5.69 Å². The second kappa shape index (κ2) is 8.26. The van der Waals surface area contributed by atoms with Crippen LogP contribution in [0.3, 0.4) is 0 Å². The lowest BCUT2D eigenvalue weighted by Gasteiger charge is -2.12. The van der Waals surface area contributed by atoms with Crippen LogP contribution < -0.4 is 9.47 Å². The third-order valence-corrected chi connectivity index (χ3v) is 7.12. The molecule has 0 atom stereocenters. The molecule has 1 N–H and O–H groups in total. The third-order valence-electron chi connectivity index (χ3n) is 4.91. The number of nitro groups is 1. The summed E-state index contributed by atoms with van der Waals surface area (Å²) < 4.78 is 39.1. The summed E-state index contributed by atoms with van der Waals surface area (Å²) in [6.45, 7) is 0. The van der Waals surface area contributed by atoms with E-state index < -0.39 is 26.4 Å². The molecule has 0 amide bonds. The predicted molar refractivity (Wildman–Crippen MR) is 121 cm³/mol. The number of aromatic hydroxyl groups is 1. The van der Waals surface area contributed by atoms with Crippen molar-refractivity contribution in [1.82, 2.24) is 8.96 Å². The minimum Gasteiger partial charge on any atom is -0.502 e. The molecule has 0 aliphatic rings. The smallest absolute Gasteiger partial charge is 0.311 e. The van der Waals surface area contributed by atoms with Gasteiger partial charge in [-0.25, -0.2) is 17.4 Å². The number of benzene rings is 3. The van der Waals surface area contributed by atoms with Gasteiger partial charge >= 0.3 is 5.69 Å². The van der Waals surface area contributed by atoms with Gasteiger partial charge in [-0.05, 0) is 36.4 Å². The summed E-state index contributed by atoms with van der Waals surface area (Å²) in [5.41, 5.74) is -0.241. The van der Waals surface area contributed by atoms with Gasteiger partial charge in [-0.1, -0.05) is 23.7 Å². The highest BCUT2D eigenvalue weighted by Crippen LogP contribution is 2.40. The minimum atomic E-state index is -4.33. The van der Waals surface area contributed by atoms with E-state index in [4.69, 9.17) is 21.1 Å². The van der Waals surface area contributed by atoms with E-state index in [0.29, 0.717) is 5.75 Å². The van der Waals surface area contributed by atoms with E-state index in [1.165, 1.54) is 50.6 Å². The fourth-order valence-electron chi connectivity index (χ4n) is 3.42. The maximum absolute atomic E-state index is 13.7. The van der Waals surface area contributed by atoms with E-state index in [1.54, 1.807) is 6.07 Å². The van der Waals surface area contributed by atoms with Gasteiger partial charge in [0.25, 0.3) is 10.0 Å². The monoisotopic (exact) mass is 489 g/mol. The molecule has 12 heteroatoms. The van der Waals surface area contributed by atoms with Crippen LogP contribution >= 0.6 is 11.6 Å². The second-order valence-electron chi connectivity index (χ2n) is 6.76. The number of phenols is 1. The zero-order valence-electron chi connectivity index (χ0n) is 17.2. The van der Waals surface area contributed by atoms with Crippen molar-refractivity contribution in [2.45, 2.75) is 4.90 Å². The van der Waals surface area contributed by atoms with Crippen molar-refractivity contribution >= 4 is 38.3 Å². The Morgan fingerprint density at radius 2 is 1.82 bits per heavy atom. The Labute approximate surface area is 192 Å². The highest BCUT2D eigenvalue weighted by Gasteiger charge is 2.30. The summed E-state index contributed by atoms with van der Waals surface area (Å²) in [4.78, 5) is 14.8. The summed E-state index contributed by atoms with van der Waals surface area (Å²) in [5, 5.41) is 21.2. The van der Waals surface area contributed by atoms with Crippen LogP contribution in [0.2, 0.25) is 5.02 Å². The largest absolute Gasteiger partial charge is 0.502 e. The molecule has 4 rings (SSSR count). The Balaban J connectivity index is 2.14. The standard InChI is InChI=1S/C21H16ClN3O7S/c1-31-17-10-8-14-19(20(17)32-2)23-21(12-7-9-16(26)15(11-12)25(27)28)24(14)33(29,30)18-6-4-3-5-13(18)22/h3-11,26H,1-2H3. The van der Waals surface area contributed by atoms with Gasteiger partial charge in [0.05, 0.1) is 29.7 Å². The van der Waals surface area contributed by atoms with Gasteiger partial charge in [-0.2, -0.15) is 0 Å². The molecule has 0 saturated heterocycles. The fraction of sp³-hybridized carbons (Fsp3) is 0.0952. The first-order valence-corrected chi connectivity index (χ1v) is 11.1. The number of halogens is 1. The lowest BCUT2D eigenvalue weighted by Crippen LogP contribution is -2.15. The van der Waals surface area contributed by atoms with E-state index in [-0.39, 0.29) is 38.1 Å². The molecule has 0 spiro atoms. The molecule has 10 nitrogen and oxygen atoms in total. The Morgan fingerprint density at radius 3 is 2.45 bits per heavy atom. The number of nitro benzene ring substituents is 1. The number of imidazole rings is 1. The van der Waals surface area contributed by atoms with Gasteiger partial charge in [0.2, 0.25) is 0 Å². The first-order valence-electron chi connectivity index (χ1n) is 9.32. The number of rotatable bonds is 6. The number of phenolic OH excluding ortho intramolecular Hbond substituents is 1. The zero-order chi connectivity index (χ0) is 23.9. The van der Waals surface area contributed by atoms with Crippen LogP contribution in [0.15, 0.2) is 59.5 Å². The number of hydrogen-bond donors (Lipinski definition) is 1. The summed E-state index contributed by atoms with van der Waals surface area (Å²) in [6.07, 6.45) is 0. The van der Waals surface area contributed by atoms with Crippen molar-refractivity contribution in [3.63, 3.8) is 0 Å². The van der Waals surface area contributed by atoms with Crippen LogP contribution in [0.5, 0.6) is 17.2 Å². The van der Waals surface area contributed by atoms with Crippen molar-refractivity contribution < 1.29 is 27.9 Å². The molecule has 1 aromatic heterocycles. The van der Waals surface area contributed by atoms with Crippen LogP contribution in [0.1, 0.15) is 0 Å². The first-order chi connectivity index (χ1) is 15.7.